The number of nitrogens with zero attached hydrogens (tertiary/aromatic N) is 1. The predicted octanol–water partition coefficient (Wildman–Crippen LogP) is 2.43. The largest absolute Gasteiger partial charge is 0.372 e. The van der Waals surface area contributed by atoms with Gasteiger partial charge in [0.1, 0.15) is 0 Å². The number of hydrogen-bond acceptors (Lipinski definition) is 3. The summed E-state index contributed by atoms with van der Waals surface area (Å²) in [6, 6.07) is 9.57. The first-order valence-corrected chi connectivity index (χ1v) is 8.03. The van der Waals surface area contributed by atoms with E-state index < -0.39 is 0 Å². The predicted molar refractivity (Wildman–Crippen MR) is 79.7 cm³/mol. The molecule has 3 atom stereocenters. The molecule has 2 N–H and O–H groups in total. The van der Waals surface area contributed by atoms with E-state index in [1.165, 1.54) is 36.8 Å². The molecular weight excluding hydrogens is 248 g/mol. The van der Waals surface area contributed by atoms with Crippen LogP contribution >= 0.6 is 0 Å². The number of fused-ring (bicyclic) bond motifs is 2. The fourth-order valence-electron chi connectivity index (χ4n) is 3.80. The van der Waals surface area contributed by atoms with E-state index in [1.54, 1.807) is 0 Å². The first-order chi connectivity index (χ1) is 9.83. The summed E-state index contributed by atoms with van der Waals surface area (Å²) in [4.78, 5) is 2.54. The van der Waals surface area contributed by atoms with Gasteiger partial charge in [-0.15, -0.1) is 0 Å². The van der Waals surface area contributed by atoms with Crippen LogP contribution in [-0.2, 0) is 4.74 Å². The summed E-state index contributed by atoms with van der Waals surface area (Å²) in [5.74, 6) is 0.833. The molecule has 1 aliphatic carbocycles. The molecule has 2 saturated heterocycles. The van der Waals surface area contributed by atoms with Gasteiger partial charge in [0.2, 0.25) is 0 Å². The highest BCUT2D eigenvalue weighted by molar-refractivity contribution is 5.30. The van der Waals surface area contributed by atoms with Gasteiger partial charge in [-0.3, -0.25) is 4.90 Å². The van der Waals surface area contributed by atoms with Gasteiger partial charge in [0.25, 0.3) is 0 Å². The lowest BCUT2D eigenvalue weighted by Gasteiger charge is -2.37. The average Bonchev–Trinajstić information content (AvgIpc) is 3.27. The van der Waals surface area contributed by atoms with Gasteiger partial charge in [-0.05, 0) is 42.7 Å². The highest BCUT2D eigenvalue weighted by Crippen LogP contribution is 2.40. The third-order valence-electron chi connectivity index (χ3n) is 5.11. The van der Waals surface area contributed by atoms with Crippen LogP contribution in [0.1, 0.15) is 48.8 Å². The quantitative estimate of drug-likeness (QED) is 0.915. The third kappa shape index (κ3) is 2.39. The summed E-state index contributed by atoms with van der Waals surface area (Å²) < 4.78 is 5.93. The number of hydrogen-bond donors (Lipinski definition) is 1. The van der Waals surface area contributed by atoms with E-state index >= 15 is 0 Å². The molecular formula is C17H24N2O. The molecule has 0 radical (unpaired) electrons. The standard InChI is InChI=1S/C17H24N2O/c18-9-17(19-10-15-7-8-16(11-19)20-15)14-5-3-13(4-6-14)12-1-2-12/h3-6,12,15-17H,1-2,7-11,18H2. The van der Waals surface area contributed by atoms with Gasteiger partial charge in [-0.1, -0.05) is 24.3 Å². The number of nitrogens with two attached hydrogens (primary N) is 1. The number of ether oxygens (including phenoxy) is 1. The van der Waals surface area contributed by atoms with Crippen molar-refractivity contribution >= 4 is 0 Å². The minimum Gasteiger partial charge on any atom is -0.372 e. The first kappa shape index (κ1) is 12.8. The fraction of sp³-hybridized carbons (Fsp3) is 0.647. The van der Waals surface area contributed by atoms with Crippen LogP contribution < -0.4 is 5.73 Å². The molecule has 2 aliphatic heterocycles. The Balaban J connectivity index is 1.51. The number of rotatable bonds is 4. The lowest BCUT2D eigenvalue weighted by atomic mass is 10.0. The summed E-state index contributed by atoms with van der Waals surface area (Å²) in [5.41, 5.74) is 8.95. The van der Waals surface area contributed by atoms with E-state index in [-0.39, 0.29) is 0 Å². The minimum atomic E-state index is 0.357. The Morgan fingerprint density at radius 3 is 2.25 bits per heavy atom. The second-order valence-electron chi connectivity index (χ2n) is 6.60. The normalized spacial score (nSPS) is 31.4. The van der Waals surface area contributed by atoms with Crippen LogP contribution in [0, 0.1) is 0 Å². The molecule has 3 nitrogen and oxygen atoms in total. The van der Waals surface area contributed by atoms with Gasteiger partial charge < -0.3 is 10.5 Å². The highest BCUT2D eigenvalue weighted by atomic mass is 16.5. The lowest BCUT2D eigenvalue weighted by molar-refractivity contribution is -0.0521. The molecule has 0 spiro atoms. The average molecular weight is 272 g/mol. The Kier molecular flexibility index (Phi) is 3.29. The van der Waals surface area contributed by atoms with Crippen LogP contribution in [0.15, 0.2) is 24.3 Å². The maximum atomic E-state index is 6.07. The van der Waals surface area contributed by atoms with Gasteiger partial charge in [-0.25, -0.2) is 0 Å². The molecule has 1 aromatic carbocycles. The van der Waals surface area contributed by atoms with Crippen molar-refractivity contribution in [3.63, 3.8) is 0 Å². The zero-order chi connectivity index (χ0) is 13.5. The minimum absolute atomic E-state index is 0.357. The van der Waals surface area contributed by atoms with E-state index in [0.717, 1.165) is 19.0 Å². The van der Waals surface area contributed by atoms with E-state index in [0.29, 0.717) is 24.8 Å². The molecule has 20 heavy (non-hydrogen) atoms. The molecule has 1 aromatic rings. The monoisotopic (exact) mass is 272 g/mol. The SMILES string of the molecule is NCC(c1ccc(C2CC2)cc1)N1CC2CCC(C1)O2. The van der Waals surface area contributed by atoms with Crippen LogP contribution in [0.2, 0.25) is 0 Å². The Morgan fingerprint density at radius 2 is 1.70 bits per heavy atom. The van der Waals surface area contributed by atoms with Crippen molar-refractivity contribution < 1.29 is 4.74 Å². The van der Waals surface area contributed by atoms with Gasteiger partial charge in [0.05, 0.1) is 12.2 Å². The van der Waals surface area contributed by atoms with Crippen LogP contribution in [0.25, 0.3) is 0 Å². The van der Waals surface area contributed by atoms with Gasteiger partial charge in [-0.2, -0.15) is 0 Å². The second-order valence-corrected chi connectivity index (χ2v) is 6.60. The molecule has 3 aliphatic rings. The van der Waals surface area contributed by atoms with Crippen LogP contribution in [0.4, 0.5) is 0 Å². The lowest BCUT2D eigenvalue weighted by Crippen LogP contribution is -2.46. The van der Waals surface area contributed by atoms with Crippen molar-refractivity contribution in [2.75, 3.05) is 19.6 Å². The Morgan fingerprint density at radius 1 is 1.05 bits per heavy atom. The summed E-state index contributed by atoms with van der Waals surface area (Å²) in [7, 11) is 0. The summed E-state index contributed by atoms with van der Waals surface area (Å²) in [5, 5.41) is 0. The zero-order valence-corrected chi connectivity index (χ0v) is 12.0. The number of morpholine rings is 1. The molecule has 3 heteroatoms. The van der Waals surface area contributed by atoms with Crippen LogP contribution in [-0.4, -0.2) is 36.7 Å². The van der Waals surface area contributed by atoms with E-state index in [4.69, 9.17) is 10.5 Å². The van der Waals surface area contributed by atoms with E-state index in [2.05, 4.69) is 29.2 Å². The molecule has 108 valence electrons. The van der Waals surface area contributed by atoms with Crippen molar-refractivity contribution in [2.24, 2.45) is 5.73 Å². The molecule has 4 rings (SSSR count). The van der Waals surface area contributed by atoms with Gasteiger partial charge in [0.15, 0.2) is 0 Å². The highest BCUT2D eigenvalue weighted by Gasteiger charge is 2.36. The Hall–Kier alpha value is -0.900. The van der Waals surface area contributed by atoms with Crippen LogP contribution in [0.5, 0.6) is 0 Å². The number of benzene rings is 1. The van der Waals surface area contributed by atoms with Crippen molar-refractivity contribution in [2.45, 2.75) is 49.9 Å². The fourth-order valence-corrected chi connectivity index (χ4v) is 3.80. The number of likely N-dealkylation sites (tertiary alicyclic amines) is 1. The zero-order valence-electron chi connectivity index (χ0n) is 12.0. The van der Waals surface area contributed by atoms with E-state index in [1.807, 2.05) is 0 Å². The Labute approximate surface area is 121 Å². The first-order valence-electron chi connectivity index (χ1n) is 8.03. The van der Waals surface area contributed by atoms with Crippen molar-refractivity contribution in [1.82, 2.24) is 4.90 Å². The summed E-state index contributed by atoms with van der Waals surface area (Å²) in [6.45, 7) is 2.79. The maximum absolute atomic E-state index is 6.07. The smallest absolute Gasteiger partial charge is 0.0707 e. The van der Waals surface area contributed by atoms with Crippen molar-refractivity contribution in [1.29, 1.82) is 0 Å². The summed E-state index contributed by atoms with van der Waals surface area (Å²) >= 11 is 0. The van der Waals surface area contributed by atoms with E-state index in [9.17, 15) is 0 Å². The molecule has 0 amide bonds. The molecule has 1 saturated carbocycles. The van der Waals surface area contributed by atoms with Crippen molar-refractivity contribution in [3.8, 4) is 0 Å². The molecule has 3 unspecified atom stereocenters. The van der Waals surface area contributed by atoms with Crippen molar-refractivity contribution in [3.05, 3.63) is 35.4 Å². The molecule has 2 bridgehead atoms. The topological polar surface area (TPSA) is 38.5 Å². The maximum Gasteiger partial charge on any atom is 0.0707 e. The molecule has 3 fully saturated rings. The second kappa shape index (κ2) is 5.14. The molecule has 0 aromatic heterocycles. The van der Waals surface area contributed by atoms with Gasteiger partial charge >= 0.3 is 0 Å². The third-order valence-corrected chi connectivity index (χ3v) is 5.11. The molecule has 2 heterocycles. The summed E-state index contributed by atoms with van der Waals surface area (Å²) in [6.07, 6.45) is 6.05. The van der Waals surface area contributed by atoms with Gasteiger partial charge in [0, 0.05) is 25.7 Å². The Bertz CT molecular complexity index is 456. The van der Waals surface area contributed by atoms with Crippen LogP contribution in [0.3, 0.4) is 0 Å².